The summed E-state index contributed by atoms with van der Waals surface area (Å²) in [6.07, 6.45) is -3.06. The van der Waals surface area contributed by atoms with Crippen LogP contribution in [0.4, 0.5) is 27.6 Å². The number of carbonyl (C=O) groups is 1. The Hall–Kier alpha value is -3.29. The zero-order valence-electron chi connectivity index (χ0n) is 14.3. The van der Waals surface area contributed by atoms with E-state index in [0.717, 1.165) is 41.3 Å². The number of halogens is 5. The summed E-state index contributed by atoms with van der Waals surface area (Å²) >= 11 is 0. The molecule has 0 saturated carbocycles. The second kappa shape index (κ2) is 7.75. The molecule has 0 unspecified atom stereocenters. The van der Waals surface area contributed by atoms with E-state index in [1.165, 1.54) is 6.20 Å². The van der Waals surface area contributed by atoms with Crippen molar-refractivity contribution in [3.63, 3.8) is 0 Å². The van der Waals surface area contributed by atoms with E-state index in [2.05, 4.69) is 4.98 Å². The van der Waals surface area contributed by atoms with Gasteiger partial charge in [-0.3, -0.25) is 14.7 Å². The highest BCUT2D eigenvalue weighted by Gasteiger charge is 2.30. The summed E-state index contributed by atoms with van der Waals surface area (Å²) in [5, 5.41) is 0. The number of benzene rings is 2. The first-order chi connectivity index (χ1) is 13.3. The second-order valence-electron chi connectivity index (χ2n) is 5.88. The molecule has 1 aromatic heterocycles. The van der Waals surface area contributed by atoms with Crippen molar-refractivity contribution >= 4 is 11.6 Å². The summed E-state index contributed by atoms with van der Waals surface area (Å²) in [6.45, 7) is -0.150. The molecule has 8 heteroatoms. The second-order valence-corrected chi connectivity index (χ2v) is 5.88. The predicted octanol–water partition coefficient (Wildman–Crippen LogP) is 5.23. The monoisotopic (exact) mass is 392 g/mol. The lowest BCUT2D eigenvalue weighted by Crippen LogP contribution is -2.31. The van der Waals surface area contributed by atoms with Gasteiger partial charge in [0.2, 0.25) is 0 Å². The Labute approximate surface area is 157 Å². The van der Waals surface area contributed by atoms with Crippen molar-refractivity contribution in [1.29, 1.82) is 0 Å². The molecule has 3 aromatic rings. The molecule has 0 saturated heterocycles. The van der Waals surface area contributed by atoms with E-state index in [1.54, 1.807) is 18.2 Å². The molecule has 3 rings (SSSR count). The number of nitrogens with zero attached hydrogens (tertiary/aromatic N) is 2. The predicted molar refractivity (Wildman–Crippen MR) is 92.6 cm³/mol. The van der Waals surface area contributed by atoms with Crippen LogP contribution in [0.15, 0.2) is 66.9 Å². The summed E-state index contributed by atoms with van der Waals surface area (Å²) in [6, 6.07) is 11.2. The number of aromatic nitrogens is 1. The van der Waals surface area contributed by atoms with Crippen molar-refractivity contribution in [3.05, 3.63) is 95.3 Å². The smallest absolute Gasteiger partial charge is 0.299 e. The van der Waals surface area contributed by atoms with Crippen LogP contribution in [0.2, 0.25) is 0 Å². The van der Waals surface area contributed by atoms with Crippen molar-refractivity contribution in [2.75, 3.05) is 4.90 Å². The molecule has 0 atom stereocenters. The minimum absolute atomic E-state index is 0.0762. The molecule has 0 aliphatic carbocycles. The van der Waals surface area contributed by atoms with Gasteiger partial charge in [-0.1, -0.05) is 6.07 Å². The van der Waals surface area contributed by atoms with Gasteiger partial charge < -0.3 is 0 Å². The fourth-order valence-electron chi connectivity index (χ4n) is 2.58. The van der Waals surface area contributed by atoms with Crippen molar-refractivity contribution in [3.8, 4) is 0 Å². The number of carbonyl (C=O) groups excluding carboxylic acids is 1. The summed E-state index contributed by atoms with van der Waals surface area (Å²) in [7, 11) is 0. The zero-order chi connectivity index (χ0) is 20.3. The third-order valence-electron chi connectivity index (χ3n) is 3.95. The van der Waals surface area contributed by atoms with Crippen LogP contribution in [-0.2, 0) is 12.7 Å². The lowest BCUT2D eigenvalue weighted by Gasteiger charge is -2.23. The number of amides is 1. The Morgan fingerprint density at radius 3 is 2.25 bits per heavy atom. The summed E-state index contributed by atoms with van der Waals surface area (Å²) in [5.41, 5.74) is -0.774. The summed E-state index contributed by atoms with van der Waals surface area (Å²) in [5.74, 6) is -2.54. The summed E-state index contributed by atoms with van der Waals surface area (Å²) < 4.78 is 65.8. The van der Waals surface area contributed by atoms with Gasteiger partial charge in [-0.2, -0.15) is 13.2 Å². The van der Waals surface area contributed by atoms with Crippen LogP contribution in [-0.4, -0.2) is 10.9 Å². The number of hydrogen-bond acceptors (Lipinski definition) is 2. The highest BCUT2D eigenvalue weighted by molar-refractivity contribution is 6.06. The third kappa shape index (κ3) is 4.33. The maximum Gasteiger partial charge on any atom is 0.416 e. The maximum atomic E-state index is 14.3. The van der Waals surface area contributed by atoms with E-state index in [1.807, 2.05) is 0 Å². The van der Waals surface area contributed by atoms with Crippen LogP contribution in [0.3, 0.4) is 0 Å². The van der Waals surface area contributed by atoms with Crippen LogP contribution < -0.4 is 4.90 Å². The molecule has 144 valence electrons. The third-order valence-corrected chi connectivity index (χ3v) is 3.95. The molecule has 1 amide bonds. The Morgan fingerprint density at radius 2 is 1.68 bits per heavy atom. The average molecular weight is 392 g/mol. The lowest BCUT2D eigenvalue weighted by atomic mass is 10.1. The first-order valence-corrected chi connectivity index (χ1v) is 8.10. The highest BCUT2D eigenvalue weighted by Crippen LogP contribution is 2.30. The van der Waals surface area contributed by atoms with Crippen molar-refractivity contribution in [2.24, 2.45) is 0 Å². The van der Waals surface area contributed by atoms with E-state index in [0.29, 0.717) is 11.8 Å². The Bertz CT molecular complexity index is 972. The normalized spacial score (nSPS) is 11.3. The van der Waals surface area contributed by atoms with E-state index in [-0.39, 0.29) is 17.8 Å². The molecule has 1 heterocycles. The van der Waals surface area contributed by atoms with Crippen molar-refractivity contribution < 1.29 is 26.7 Å². The first-order valence-electron chi connectivity index (χ1n) is 8.10. The molecule has 0 N–H and O–H groups in total. The van der Waals surface area contributed by atoms with Crippen LogP contribution in [0, 0.1) is 11.6 Å². The average Bonchev–Trinajstić information content (AvgIpc) is 2.66. The van der Waals surface area contributed by atoms with Gasteiger partial charge in [0.05, 0.1) is 23.5 Å². The van der Waals surface area contributed by atoms with Gasteiger partial charge in [-0.15, -0.1) is 0 Å². The standard InChI is InChI=1S/C20H13F5N2O/c21-15-8-9-18(17(22)11-15)27(12-16-3-1-2-10-26-16)19(28)13-4-6-14(7-5-13)20(23,24)25/h1-11H,12H2. The fraction of sp³-hybridized carbons (Fsp3) is 0.100. The van der Waals surface area contributed by atoms with Crippen LogP contribution in [0.25, 0.3) is 0 Å². The molecule has 28 heavy (non-hydrogen) atoms. The Morgan fingerprint density at radius 1 is 0.964 bits per heavy atom. The number of rotatable bonds is 4. The molecule has 2 aromatic carbocycles. The van der Waals surface area contributed by atoms with Gasteiger partial charge in [0.25, 0.3) is 5.91 Å². The number of pyridine rings is 1. The van der Waals surface area contributed by atoms with Gasteiger partial charge in [-0.25, -0.2) is 8.78 Å². The molecule has 3 nitrogen and oxygen atoms in total. The maximum absolute atomic E-state index is 14.3. The molecule has 0 aliphatic rings. The molecular formula is C20H13F5N2O. The highest BCUT2D eigenvalue weighted by atomic mass is 19.4. The molecule has 0 fully saturated rings. The minimum atomic E-state index is -4.54. The number of hydrogen-bond donors (Lipinski definition) is 0. The SMILES string of the molecule is O=C(c1ccc(C(F)(F)F)cc1)N(Cc1ccccn1)c1ccc(F)cc1F. The molecule has 0 spiro atoms. The van der Waals surface area contributed by atoms with Crippen LogP contribution in [0.1, 0.15) is 21.6 Å². The number of alkyl halides is 3. The zero-order valence-corrected chi connectivity index (χ0v) is 14.3. The number of anilines is 1. The van der Waals surface area contributed by atoms with Crippen molar-refractivity contribution in [1.82, 2.24) is 4.98 Å². The van der Waals surface area contributed by atoms with E-state index < -0.39 is 29.3 Å². The van der Waals surface area contributed by atoms with Gasteiger partial charge in [0.1, 0.15) is 11.6 Å². The van der Waals surface area contributed by atoms with Crippen LogP contribution in [0.5, 0.6) is 0 Å². The Kier molecular flexibility index (Phi) is 5.39. The quantitative estimate of drug-likeness (QED) is 0.570. The topological polar surface area (TPSA) is 33.2 Å². The van der Waals surface area contributed by atoms with Gasteiger partial charge >= 0.3 is 6.18 Å². The van der Waals surface area contributed by atoms with Gasteiger partial charge in [-0.05, 0) is 48.5 Å². The van der Waals surface area contributed by atoms with E-state index >= 15 is 0 Å². The molecule has 0 radical (unpaired) electrons. The minimum Gasteiger partial charge on any atom is -0.299 e. The van der Waals surface area contributed by atoms with Gasteiger partial charge in [0, 0.05) is 17.8 Å². The molecular weight excluding hydrogens is 379 g/mol. The van der Waals surface area contributed by atoms with Crippen molar-refractivity contribution in [2.45, 2.75) is 12.7 Å². The summed E-state index contributed by atoms with van der Waals surface area (Å²) in [4.78, 5) is 18.0. The molecule has 0 aliphatic heterocycles. The molecule has 0 bridgehead atoms. The fourth-order valence-corrected chi connectivity index (χ4v) is 2.58. The lowest BCUT2D eigenvalue weighted by molar-refractivity contribution is -0.137. The van der Waals surface area contributed by atoms with E-state index in [9.17, 15) is 26.7 Å². The Balaban J connectivity index is 1.99. The first kappa shape index (κ1) is 19.5. The van der Waals surface area contributed by atoms with Crippen LogP contribution >= 0.6 is 0 Å². The van der Waals surface area contributed by atoms with Gasteiger partial charge in [0.15, 0.2) is 0 Å². The van der Waals surface area contributed by atoms with E-state index in [4.69, 9.17) is 0 Å². The largest absolute Gasteiger partial charge is 0.416 e.